The van der Waals surface area contributed by atoms with Crippen LogP contribution in [-0.4, -0.2) is 92.7 Å². The summed E-state index contributed by atoms with van der Waals surface area (Å²) in [5.41, 5.74) is 4.78. The highest BCUT2D eigenvalue weighted by Crippen LogP contribution is 2.53. The number of aromatic nitrogens is 2. The van der Waals surface area contributed by atoms with Gasteiger partial charge in [-0.15, -0.1) is 0 Å². The SMILES string of the molecule is C/C(=C1\C(=O)N2[C@@H](C(=O)OC(c3ccccc3)c3ccccc3)C(C)(C)S(=O)(=O)[C@H]12)c1ccccn1.CC1(C)[C@H](C(=O)OC(c2ccccc2)c2ccccc2)N2C(=O)/C(=C(\I)c3ccccn3)[C@H]2S1(=O)=O. The molecule has 0 saturated carbocycles. The number of amides is 2. The molecule has 4 atom stereocenters. The molecule has 4 aliphatic heterocycles. The molecule has 2 amide bonds. The Hall–Kier alpha value is -6.83. The van der Waals surface area contributed by atoms with Crippen molar-refractivity contribution in [2.24, 2.45) is 0 Å². The number of benzene rings is 4. The molecule has 368 valence electrons. The Balaban J connectivity index is 0.000000178. The maximum absolute atomic E-state index is 13.7. The average Bonchev–Trinajstić information content (AvgIpc) is 3.63. The molecule has 10 rings (SSSR count). The fourth-order valence-corrected chi connectivity index (χ4v) is 15.1. The molecular formula is C55H49IN4O10S2. The van der Waals surface area contributed by atoms with Crippen LogP contribution in [0, 0.1) is 0 Å². The standard InChI is InChI=1S/C28H26N2O5S.C27H23IN2O5S/c1-18(21-16-10-11-17-29-21)22-25(31)30-24(28(2,3)36(33,34)26(22)30)27(32)35-23(19-12-6-4-7-13-19)20-14-8-5-9-15-20;1-27(2)23(26(32)35-22(17-11-5-3-6-12-17)18-13-7-4-8-14-18)30-24(31)20(25(30)36(27,33)34)21(28)19-15-9-10-16-29-19/h4-17,23-24,26H,1-3H3;3-16,22-23,25H,1-2H3/b22-18-;21-20+/t24-,26+;23-,25+/m00/s1. The molecule has 4 fully saturated rings. The first-order valence-electron chi connectivity index (χ1n) is 23.0. The molecule has 6 aromatic rings. The number of allylic oxidation sites excluding steroid dienone is 1. The summed E-state index contributed by atoms with van der Waals surface area (Å²) in [6, 6.07) is 44.8. The molecule has 4 aliphatic rings. The highest BCUT2D eigenvalue weighted by atomic mass is 127. The van der Waals surface area contributed by atoms with E-state index in [1.165, 1.54) is 27.7 Å². The Labute approximate surface area is 431 Å². The lowest BCUT2D eigenvalue weighted by molar-refractivity contribution is -0.160. The van der Waals surface area contributed by atoms with Gasteiger partial charge in [-0.05, 0) is 109 Å². The highest BCUT2D eigenvalue weighted by molar-refractivity contribution is 14.1. The van der Waals surface area contributed by atoms with Crippen LogP contribution in [0.2, 0.25) is 0 Å². The van der Waals surface area contributed by atoms with Gasteiger partial charge in [0.2, 0.25) is 0 Å². The second kappa shape index (κ2) is 19.3. The van der Waals surface area contributed by atoms with Crippen LogP contribution in [0.15, 0.2) is 181 Å². The molecule has 4 saturated heterocycles. The zero-order valence-corrected chi connectivity index (χ0v) is 43.5. The van der Waals surface area contributed by atoms with Crippen LogP contribution < -0.4 is 0 Å². The number of halogens is 1. The van der Waals surface area contributed by atoms with E-state index in [1.54, 1.807) is 55.7 Å². The molecule has 0 N–H and O–H groups in total. The molecule has 14 nitrogen and oxygen atoms in total. The molecule has 0 radical (unpaired) electrons. The zero-order valence-electron chi connectivity index (χ0n) is 39.7. The third kappa shape index (κ3) is 8.33. The van der Waals surface area contributed by atoms with E-state index in [2.05, 4.69) is 9.97 Å². The Kier molecular flexibility index (Phi) is 13.4. The van der Waals surface area contributed by atoms with Crippen molar-refractivity contribution < 1.29 is 45.5 Å². The first-order chi connectivity index (χ1) is 34.3. The molecule has 2 aromatic heterocycles. The Bertz CT molecular complexity index is 3060. The van der Waals surface area contributed by atoms with Crippen molar-refractivity contribution in [2.75, 3.05) is 0 Å². The van der Waals surface area contributed by atoms with E-state index in [0.717, 1.165) is 32.1 Å². The van der Waals surface area contributed by atoms with Crippen molar-refractivity contribution in [1.29, 1.82) is 0 Å². The largest absolute Gasteiger partial charge is 0.451 e. The number of carbonyl (C=O) groups excluding carboxylic acids is 4. The number of carbonyl (C=O) groups is 4. The lowest BCUT2D eigenvalue weighted by Crippen LogP contribution is -2.59. The molecule has 6 heterocycles. The van der Waals surface area contributed by atoms with Gasteiger partial charge < -0.3 is 19.3 Å². The molecule has 17 heteroatoms. The number of β-lactam (4-membered cyclic amide) rings is 2. The smallest absolute Gasteiger partial charge is 0.331 e. The van der Waals surface area contributed by atoms with E-state index in [9.17, 15) is 36.0 Å². The van der Waals surface area contributed by atoms with Crippen molar-refractivity contribution >= 4 is 75.2 Å². The first kappa shape index (κ1) is 50.1. The predicted molar refractivity (Wildman–Crippen MR) is 278 cm³/mol. The molecule has 0 bridgehead atoms. The summed E-state index contributed by atoms with van der Waals surface area (Å²) < 4.78 is 63.9. The average molecular weight is 1120 g/mol. The van der Waals surface area contributed by atoms with E-state index in [4.69, 9.17) is 9.47 Å². The van der Waals surface area contributed by atoms with Gasteiger partial charge in [0.05, 0.1) is 26.1 Å². The number of ether oxygens (including phenoxy) is 2. The maximum atomic E-state index is 13.7. The number of hydrogen-bond acceptors (Lipinski definition) is 12. The number of hydrogen-bond donors (Lipinski definition) is 0. The van der Waals surface area contributed by atoms with Crippen molar-refractivity contribution in [3.63, 3.8) is 0 Å². The third-order valence-electron chi connectivity index (χ3n) is 13.8. The normalized spacial score (nSPS) is 23.1. The van der Waals surface area contributed by atoms with Gasteiger partial charge in [0.25, 0.3) is 11.8 Å². The number of nitrogens with zero attached hydrogens (tertiary/aromatic N) is 4. The summed E-state index contributed by atoms with van der Waals surface area (Å²) in [5, 5.41) is -2.44. The number of rotatable bonds is 10. The summed E-state index contributed by atoms with van der Waals surface area (Å²) in [5.74, 6) is -2.51. The second-order valence-corrected chi connectivity index (χ2v) is 25.0. The minimum atomic E-state index is -3.95. The topological polar surface area (TPSA) is 187 Å². The van der Waals surface area contributed by atoms with E-state index < -0.39 is 88.0 Å². The van der Waals surface area contributed by atoms with E-state index >= 15 is 0 Å². The fourth-order valence-electron chi connectivity index (χ4n) is 9.74. The lowest BCUT2D eigenvalue weighted by atomic mass is 9.92. The van der Waals surface area contributed by atoms with Crippen LogP contribution in [0.1, 0.15) is 80.5 Å². The number of fused-ring (bicyclic) bond motifs is 2. The minimum absolute atomic E-state index is 0.139. The van der Waals surface area contributed by atoms with Gasteiger partial charge in [0.15, 0.2) is 54.7 Å². The summed E-state index contributed by atoms with van der Waals surface area (Å²) in [6.45, 7) is 7.60. The van der Waals surface area contributed by atoms with Gasteiger partial charge in [0.1, 0.15) is 9.49 Å². The second-order valence-electron chi connectivity index (χ2n) is 18.7. The van der Waals surface area contributed by atoms with Crippen LogP contribution in [0.4, 0.5) is 0 Å². The summed E-state index contributed by atoms with van der Waals surface area (Å²) in [7, 11) is -7.89. The molecular weight excluding hydrogens is 1070 g/mol. The predicted octanol–water partition coefficient (Wildman–Crippen LogP) is 8.24. The van der Waals surface area contributed by atoms with Gasteiger partial charge in [-0.3, -0.25) is 19.6 Å². The van der Waals surface area contributed by atoms with Crippen molar-refractivity contribution in [1.82, 2.24) is 19.8 Å². The van der Waals surface area contributed by atoms with Crippen molar-refractivity contribution in [2.45, 2.75) is 79.2 Å². The molecule has 72 heavy (non-hydrogen) atoms. The van der Waals surface area contributed by atoms with Gasteiger partial charge in [-0.25, -0.2) is 26.4 Å². The van der Waals surface area contributed by atoms with E-state index in [1.807, 2.05) is 144 Å². The maximum Gasteiger partial charge on any atom is 0.331 e. The van der Waals surface area contributed by atoms with Crippen LogP contribution in [0.5, 0.6) is 0 Å². The van der Waals surface area contributed by atoms with E-state index in [-0.39, 0.29) is 11.1 Å². The minimum Gasteiger partial charge on any atom is -0.451 e. The van der Waals surface area contributed by atoms with E-state index in [0.29, 0.717) is 20.5 Å². The Morgan fingerprint density at radius 2 is 0.833 bits per heavy atom. The van der Waals surface area contributed by atoms with Gasteiger partial charge in [-0.1, -0.05) is 133 Å². The highest BCUT2D eigenvalue weighted by Gasteiger charge is 2.72. The van der Waals surface area contributed by atoms with Gasteiger partial charge >= 0.3 is 11.9 Å². The number of esters is 2. The molecule has 0 aliphatic carbocycles. The number of sulfone groups is 2. The monoisotopic (exact) mass is 1120 g/mol. The lowest BCUT2D eigenvalue weighted by Gasteiger charge is -2.39. The van der Waals surface area contributed by atoms with Crippen molar-refractivity contribution in [3.8, 4) is 0 Å². The summed E-state index contributed by atoms with van der Waals surface area (Å²) in [6.07, 6.45) is 1.66. The molecule has 4 aromatic carbocycles. The molecule has 0 unspecified atom stereocenters. The van der Waals surface area contributed by atoms with Crippen LogP contribution in [0.25, 0.3) is 9.15 Å². The fraction of sp³-hybridized carbons (Fsp3) is 0.236. The number of pyridine rings is 2. The summed E-state index contributed by atoms with van der Waals surface area (Å²) in [4.78, 5) is 64.9. The summed E-state index contributed by atoms with van der Waals surface area (Å²) >= 11 is 1.95. The Morgan fingerprint density at radius 1 is 0.514 bits per heavy atom. The van der Waals surface area contributed by atoms with Crippen LogP contribution in [-0.2, 0) is 48.3 Å². The Morgan fingerprint density at radius 3 is 1.18 bits per heavy atom. The third-order valence-corrected chi connectivity index (χ3v) is 20.4. The van der Waals surface area contributed by atoms with Crippen LogP contribution >= 0.6 is 22.6 Å². The van der Waals surface area contributed by atoms with Crippen LogP contribution in [0.3, 0.4) is 0 Å². The van der Waals surface area contributed by atoms with Gasteiger partial charge in [0, 0.05) is 12.4 Å². The molecule has 0 spiro atoms. The quantitative estimate of drug-likeness (QED) is 0.0554. The first-order valence-corrected chi connectivity index (χ1v) is 27.2. The zero-order chi connectivity index (χ0) is 51.3. The van der Waals surface area contributed by atoms with Crippen molar-refractivity contribution in [3.05, 3.63) is 215 Å². The van der Waals surface area contributed by atoms with Gasteiger partial charge in [-0.2, -0.15) is 0 Å².